The van der Waals surface area contributed by atoms with Crippen molar-refractivity contribution in [2.24, 2.45) is 18.9 Å². The second-order valence-electron chi connectivity index (χ2n) is 5.33. The number of Topliss-reactive ketones (excluding diaryl/α,β-unsaturated/α-hetero) is 1. The van der Waals surface area contributed by atoms with Crippen LogP contribution in [0.15, 0.2) is 24.5 Å². The Morgan fingerprint density at radius 3 is 2.79 bits per heavy atom. The molecule has 0 bridgehead atoms. The van der Waals surface area contributed by atoms with Gasteiger partial charge in [0.1, 0.15) is 0 Å². The zero-order valence-electron chi connectivity index (χ0n) is 12.0. The van der Waals surface area contributed by atoms with Crippen molar-refractivity contribution in [2.45, 2.75) is 13.8 Å². The monoisotopic (exact) mass is 259 g/mol. The Labute approximate surface area is 113 Å². The second kappa shape index (κ2) is 5.53. The maximum Gasteiger partial charge on any atom is 0.167 e. The Hall–Kier alpha value is -1.68. The number of carbonyl (C=O) groups excluding carboxylic acids is 1. The number of fused-ring (bicyclic) bond motifs is 1. The summed E-state index contributed by atoms with van der Waals surface area (Å²) in [6.07, 6.45) is 1.77. The van der Waals surface area contributed by atoms with Gasteiger partial charge in [-0.15, -0.1) is 0 Å². The summed E-state index contributed by atoms with van der Waals surface area (Å²) in [6, 6.07) is 5.76. The molecule has 0 spiro atoms. The molecule has 1 aromatic heterocycles. The number of benzene rings is 1. The summed E-state index contributed by atoms with van der Waals surface area (Å²) in [5.74, 6) is 0.516. The average molecular weight is 259 g/mol. The Balaban J connectivity index is 2.34. The molecule has 1 unspecified atom stereocenters. The van der Waals surface area contributed by atoms with Gasteiger partial charge < -0.3 is 9.88 Å². The highest BCUT2D eigenvalue weighted by Crippen LogP contribution is 2.20. The lowest BCUT2D eigenvalue weighted by Crippen LogP contribution is -2.30. The summed E-state index contributed by atoms with van der Waals surface area (Å²) < 4.78 is 1.96. The third kappa shape index (κ3) is 2.68. The molecule has 0 amide bonds. The standard InChI is InChI=1S/C15H21N3O/c1-10(2)12(8-16-3)15(19)11-5-6-14-13(7-11)17-9-18(14)4/h5-7,9-10,12,16H,8H2,1-4H3. The topological polar surface area (TPSA) is 46.9 Å². The summed E-state index contributed by atoms with van der Waals surface area (Å²) in [7, 11) is 3.83. The summed E-state index contributed by atoms with van der Waals surface area (Å²) in [4.78, 5) is 16.9. The van der Waals surface area contributed by atoms with E-state index in [2.05, 4.69) is 24.1 Å². The van der Waals surface area contributed by atoms with Crippen molar-refractivity contribution in [1.29, 1.82) is 0 Å². The van der Waals surface area contributed by atoms with Crippen LogP contribution in [0.4, 0.5) is 0 Å². The van der Waals surface area contributed by atoms with E-state index >= 15 is 0 Å². The minimum atomic E-state index is 0.00571. The van der Waals surface area contributed by atoms with Gasteiger partial charge in [-0.2, -0.15) is 0 Å². The van der Waals surface area contributed by atoms with Crippen LogP contribution in [0.5, 0.6) is 0 Å². The molecule has 1 N–H and O–H groups in total. The number of imidazole rings is 1. The van der Waals surface area contributed by atoms with E-state index in [0.717, 1.165) is 16.6 Å². The fourth-order valence-corrected chi connectivity index (χ4v) is 2.35. The van der Waals surface area contributed by atoms with Gasteiger partial charge >= 0.3 is 0 Å². The molecule has 2 aromatic rings. The van der Waals surface area contributed by atoms with Gasteiger partial charge in [0, 0.05) is 25.1 Å². The van der Waals surface area contributed by atoms with Gasteiger partial charge in [0.2, 0.25) is 0 Å². The maximum absolute atomic E-state index is 12.6. The molecule has 4 nitrogen and oxygen atoms in total. The van der Waals surface area contributed by atoms with Gasteiger partial charge in [0.05, 0.1) is 17.4 Å². The van der Waals surface area contributed by atoms with Crippen LogP contribution in [0.1, 0.15) is 24.2 Å². The number of carbonyl (C=O) groups is 1. The number of aromatic nitrogens is 2. The zero-order chi connectivity index (χ0) is 14.0. The molecule has 2 rings (SSSR count). The van der Waals surface area contributed by atoms with Crippen molar-refractivity contribution in [3.63, 3.8) is 0 Å². The number of nitrogens with zero attached hydrogens (tertiary/aromatic N) is 2. The number of rotatable bonds is 5. The van der Waals surface area contributed by atoms with Gasteiger partial charge in [-0.05, 0) is 31.2 Å². The molecule has 0 aliphatic rings. The van der Waals surface area contributed by atoms with Crippen LogP contribution in [-0.2, 0) is 7.05 Å². The molecule has 102 valence electrons. The fourth-order valence-electron chi connectivity index (χ4n) is 2.35. The average Bonchev–Trinajstić information content (AvgIpc) is 2.76. The van der Waals surface area contributed by atoms with Gasteiger partial charge in [-0.25, -0.2) is 4.98 Å². The fraction of sp³-hybridized carbons (Fsp3) is 0.467. The number of aryl methyl sites for hydroxylation is 1. The largest absolute Gasteiger partial charge is 0.334 e. The summed E-state index contributed by atoms with van der Waals surface area (Å²) in [5, 5.41) is 3.10. The first-order valence-electron chi connectivity index (χ1n) is 6.64. The Morgan fingerprint density at radius 1 is 1.42 bits per heavy atom. The SMILES string of the molecule is CNCC(C(=O)c1ccc2c(c1)ncn2C)C(C)C. The molecule has 0 aliphatic heterocycles. The molecular weight excluding hydrogens is 238 g/mol. The number of ketones is 1. The molecule has 1 aromatic carbocycles. The van der Waals surface area contributed by atoms with Crippen LogP contribution in [0.25, 0.3) is 11.0 Å². The van der Waals surface area contributed by atoms with Crippen molar-refractivity contribution in [3.8, 4) is 0 Å². The zero-order valence-corrected chi connectivity index (χ0v) is 12.0. The van der Waals surface area contributed by atoms with E-state index in [-0.39, 0.29) is 11.7 Å². The molecule has 0 fully saturated rings. The predicted octanol–water partition coefficient (Wildman–Crippen LogP) is 2.25. The van der Waals surface area contributed by atoms with Crippen LogP contribution >= 0.6 is 0 Å². The summed E-state index contributed by atoms with van der Waals surface area (Å²) in [6.45, 7) is 4.87. The minimum absolute atomic E-state index is 0.00571. The third-order valence-corrected chi connectivity index (χ3v) is 3.58. The van der Waals surface area contributed by atoms with E-state index in [9.17, 15) is 4.79 Å². The van der Waals surface area contributed by atoms with Crippen LogP contribution in [0.2, 0.25) is 0 Å². The van der Waals surface area contributed by atoms with Crippen LogP contribution < -0.4 is 5.32 Å². The third-order valence-electron chi connectivity index (χ3n) is 3.58. The van der Waals surface area contributed by atoms with E-state index in [1.165, 1.54) is 0 Å². The normalized spacial score (nSPS) is 13.1. The molecule has 1 heterocycles. The number of nitrogens with one attached hydrogen (secondary N) is 1. The highest BCUT2D eigenvalue weighted by Gasteiger charge is 2.23. The van der Waals surface area contributed by atoms with Gasteiger partial charge in [0.15, 0.2) is 5.78 Å². The van der Waals surface area contributed by atoms with E-state index in [0.29, 0.717) is 12.5 Å². The van der Waals surface area contributed by atoms with E-state index in [1.807, 2.05) is 36.9 Å². The maximum atomic E-state index is 12.6. The lowest BCUT2D eigenvalue weighted by molar-refractivity contribution is 0.0886. The Morgan fingerprint density at radius 2 is 2.16 bits per heavy atom. The van der Waals surface area contributed by atoms with Crippen molar-refractivity contribution in [2.75, 3.05) is 13.6 Å². The predicted molar refractivity (Wildman–Crippen MR) is 77.3 cm³/mol. The van der Waals surface area contributed by atoms with Crippen molar-refractivity contribution < 1.29 is 4.79 Å². The quantitative estimate of drug-likeness (QED) is 0.838. The highest BCUT2D eigenvalue weighted by atomic mass is 16.1. The number of hydrogen-bond acceptors (Lipinski definition) is 3. The lowest BCUT2D eigenvalue weighted by Gasteiger charge is -2.19. The first-order valence-corrected chi connectivity index (χ1v) is 6.64. The molecule has 1 atom stereocenters. The molecule has 19 heavy (non-hydrogen) atoms. The molecular formula is C15H21N3O. The first-order chi connectivity index (χ1) is 9.04. The lowest BCUT2D eigenvalue weighted by atomic mass is 9.88. The minimum Gasteiger partial charge on any atom is -0.334 e. The first kappa shape index (κ1) is 13.7. The van der Waals surface area contributed by atoms with Crippen LogP contribution in [0.3, 0.4) is 0 Å². The molecule has 0 saturated carbocycles. The Bertz CT molecular complexity index is 586. The summed E-state index contributed by atoms with van der Waals surface area (Å²) >= 11 is 0. The van der Waals surface area contributed by atoms with Gasteiger partial charge in [-0.1, -0.05) is 13.8 Å². The van der Waals surface area contributed by atoms with Crippen LogP contribution in [0, 0.1) is 11.8 Å². The van der Waals surface area contributed by atoms with Gasteiger partial charge in [0.25, 0.3) is 0 Å². The second-order valence-corrected chi connectivity index (χ2v) is 5.33. The van der Waals surface area contributed by atoms with Gasteiger partial charge in [-0.3, -0.25) is 4.79 Å². The Kier molecular flexibility index (Phi) is 4.00. The molecule has 0 radical (unpaired) electrons. The number of hydrogen-bond donors (Lipinski definition) is 1. The molecule has 0 saturated heterocycles. The van der Waals surface area contributed by atoms with Crippen molar-refractivity contribution >= 4 is 16.8 Å². The smallest absolute Gasteiger partial charge is 0.167 e. The van der Waals surface area contributed by atoms with E-state index in [1.54, 1.807) is 6.33 Å². The van der Waals surface area contributed by atoms with Crippen molar-refractivity contribution in [1.82, 2.24) is 14.9 Å². The summed E-state index contributed by atoms with van der Waals surface area (Å²) in [5.41, 5.74) is 2.67. The van der Waals surface area contributed by atoms with E-state index < -0.39 is 0 Å². The van der Waals surface area contributed by atoms with Crippen molar-refractivity contribution in [3.05, 3.63) is 30.1 Å². The molecule has 4 heteroatoms. The molecule has 0 aliphatic carbocycles. The van der Waals surface area contributed by atoms with Crippen LogP contribution in [-0.4, -0.2) is 28.9 Å². The highest BCUT2D eigenvalue weighted by molar-refractivity contribution is 6.00. The van der Waals surface area contributed by atoms with E-state index in [4.69, 9.17) is 0 Å².